The fourth-order valence-electron chi connectivity index (χ4n) is 3.08. The van der Waals surface area contributed by atoms with Crippen LogP contribution in [-0.2, 0) is 18.4 Å². The molecule has 11 heteroatoms. The summed E-state index contributed by atoms with van der Waals surface area (Å²) < 4.78 is 2.77. The van der Waals surface area contributed by atoms with Gasteiger partial charge in [0.2, 0.25) is 5.91 Å². The van der Waals surface area contributed by atoms with Gasteiger partial charge in [-0.15, -0.1) is 21.5 Å². The second kappa shape index (κ2) is 10.9. The van der Waals surface area contributed by atoms with Gasteiger partial charge in [0.25, 0.3) is 5.91 Å². The van der Waals surface area contributed by atoms with Crippen molar-refractivity contribution in [3.8, 4) is 11.3 Å². The lowest BCUT2D eigenvalue weighted by molar-refractivity contribution is -0.113. The van der Waals surface area contributed by atoms with Gasteiger partial charge in [0.05, 0.1) is 18.0 Å². The summed E-state index contributed by atoms with van der Waals surface area (Å²) in [6.45, 7) is 2.13. The van der Waals surface area contributed by atoms with Gasteiger partial charge >= 0.3 is 0 Å². The van der Waals surface area contributed by atoms with E-state index in [1.807, 2.05) is 54.8 Å². The minimum atomic E-state index is -0.181. The zero-order valence-electron chi connectivity index (χ0n) is 18.4. The molecule has 174 valence electrons. The molecule has 0 atom stereocenters. The van der Waals surface area contributed by atoms with E-state index < -0.39 is 0 Å². The minimum absolute atomic E-state index is 0.161. The number of aryl methyl sites for hydroxylation is 1. The van der Waals surface area contributed by atoms with Crippen LogP contribution in [0.4, 0.5) is 5.13 Å². The van der Waals surface area contributed by atoms with Crippen LogP contribution in [0.1, 0.15) is 21.7 Å². The molecule has 0 saturated heterocycles. The van der Waals surface area contributed by atoms with Crippen molar-refractivity contribution in [2.45, 2.75) is 18.6 Å². The van der Waals surface area contributed by atoms with Gasteiger partial charge in [-0.2, -0.15) is 0 Å². The molecule has 4 aromatic rings. The Hall–Kier alpha value is -3.02. The van der Waals surface area contributed by atoms with Crippen LogP contribution in [0.3, 0.4) is 0 Å². The van der Waals surface area contributed by atoms with E-state index in [4.69, 9.17) is 0 Å². The molecule has 34 heavy (non-hydrogen) atoms. The lowest BCUT2D eigenvalue weighted by Gasteiger charge is -2.07. The lowest BCUT2D eigenvalue weighted by atomic mass is 10.1. The third-order valence-electron chi connectivity index (χ3n) is 4.94. The van der Waals surface area contributed by atoms with Crippen LogP contribution < -0.4 is 10.6 Å². The van der Waals surface area contributed by atoms with Crippen LogP contribution in [0, 0.1) is 6.92 Å². The number of hydrogen-bond donors (Lipinski definition) is 2. The molecule has 0 aliphatic heterocycles. The van der Waals surface area contributed by atoms with Gasteiger partial charge in [-0.25, -0.2) is 4.98 Å². The number of hydrogen-bond acceptors (Lipinski definition) is 7. The van der Waals surface area contributed by atoms with Crippen molar-refractivity contribution in [3.05, 3.63) is 75.3 Å². The molecule has 0 fully saturated rings. The third-order valence-corrected chi connectivity index (χ3v) is 7.25. The molecule has 2 aromatic heterocycles. The van der Waals surface area contributed by atoms with Crippen LogP contribution in [0.25, 0.3) is 11.3 Å². The SMILES string of the molecule is Cc1ccccc1C(=O)NCc1nnc(SCC(=O)Nc2nc(-c3ccc(Br)cc3)cs2)n1C. The summed E-state index contributed by atoms with van der Waals surface area (Å²) in [4.78, 5) is 29.3. The van der Waals surface area contributed by atoms with E-state index in [1.165, 1.54) is 23.1 Å². The summed E-state index contributed by atoms with van der Waals surface area (Å²) in [5.74, 6) is 0.415. The van der Waals surface area contributed by atoms with Gasteiger partial charge in [-0.05, 0) is 30.7 Å². The molecule has 0 radical (unpaired) electrons. The Balaban J connectivity index is 1.29. The Morgan fingerprint density at radius 2 is 1.88 bits per heavy atom. The second-order valence-electron chi connectivity index (χ2n) is 7.34. The largest absolute Gasteiger partial charge is 0.345 e. The highest BCUT2D eigenvalue weighted by Crippen LogP contribution is 2.26. The van der Waals surface area contributed by atoms with E-state index >= 15 is 0 Å². The first-order valence-corrected chi connectivity index (χ1v) is 12.9. The molecule has 0 saturated carbocycles. The fourth-order valence-corrected chi connectivity index (χ4v) is 4.81. The van der Waals surface area contributed by atoms with Crippen LogP contribution in [0.2, 0.25) is 0 Å². The predicted molar refractivity (Wildman–Crippen MR) is 138 cm³/mol. The van der Waals surface area contributed by atoms with E-state index in [2.05, 4.69) is 41.7 Å². The fraction of sp³-hybridized carbons (Fsp3) is 0.174. The van der Waals surface area contributed by atoms with Gasteiger partial charge in [0.1, 0.15) is 0 Å². The van der Waals surface area contributed by atoms with Gasteiger partial charge in [0, 0.05) is 28.0 Å². The molecule has 4 rings (SSSR count). The molecule has 0 spiro atoms. The second-order valence-corrected chi connectivity index (χ2v) is 10.1. The summed E-state index contributed by atoms with van der Waals surface area (Å²) in [6, 6.07) is 15.2. The van der Waals surface area contributed by atoms with Gasteiger partial charge < -0.3 is 15.2 Å². The van der Waals surface area contributed by atoms with Crippen molar-refractivity contribution in [3.63, 3.8) is 0 Å². The monoisotopic (exact) mass is 556 g/mol. The maximum absolute atomic E-state index is 12.4. The number of anilines is 1. The smallest absolute Gasteiger partial charge is 0.251 e. The number of nitrogens with zero attached hydrogens (tertiary/aromatic N) is 4. The summed E-state index contributed by atoms with van der Waals surface area (Å²) in [7, 11) is 1.81. The molecular weight excluding hydrogens is 536 g/mol. The third kappa shape index (κ3) is 5.91. The van der Waals surface area contributed by atoms with Gasteiger partial charge in [-0.3, -0.25) is 9.59 Å². The quantitative estimate of drug-likeness (QED) is 0.306. The van der Waals surface area contributed by atoms with Crippen molar-refractivity contribution >= 4 is 56.0 Å². The number of nitrogens with one attached hydrogen (secondary N) is 2. The Bertz CT molecular complexity index is 1320. The van der Waals surface area contributed by atoms with Crippen LogP contribution in [-0.4, -0.2) is 37.3 Å². The average molecular weight is 557 g/mol. The zero-order valence-corrected chi connectivity index (χ0v) is 21.6. The minimum Gasteiger partial charge on any atom is -0.345 e. The maximum atomic E-state index is 12.4. The normalized spacial score (nSPS) is 10.8. The highest BCUT2D eigenvalue weighted by atomic mass is 79.9. The van der Waals surface area contributed by atoms with Crippen molar-refractivity contribution in [1.29, 1.82) is 0 Å². The van der Waals surface area contributed by atoms with Crippen molar-refractivity contribution in [1.82, 2.24) is 25.1 Å². The molecular formula is C23H21BrN6O2S2. The predicted octanol–water partition coefficient (Wildman–Crippen LogP) is 4.67. The van der Waals surface area contributed by atoms with E-state index in [0.29, 0.717) is 21.7 Å². The number of rotatable bonds is 8. The number of aromatic nitrogens is 4. The molecule has 0 bridgehead atoms. The Morgan fingerprint density at radius 1 is 1.12 bits per heavy atom. The van der Waals surface area contributed by atoms with Gasteiger partial charge in [0.15, 0.2) is 16.1 Å². The first-order chi connectivity index (χ1) is 16.4. The summed E-state index contributed by atoms with van der Waals surface area (Å²) in [6.07, 6.45) is 0. The Labute approximate surface area is 213 Å². The van der Waals surface area contributed by atoms with E-state index in [-0.39, 0.29) is 24.1 Å². The Kier molecular flexibility index (Phi) is 7.76. The lowest BCUT2D eigenvalue weighted by Crippen LogP contribution is -2.25. The van der Waals surface area contributed by atoms with Crippen molar-refractivity contribution in [2.75, 3.05) is 11.1 Å². The number of amides is 2. The molecule has 2 amide bonds. The van der Waals surface area contributed by atoms with Crippen LogP contribution in [0.5, 0.6) is 0 Å². The molecule has 8 nitrogen and oxygen atoms in total. The van der Waals surface area contributed by atoms with E-state index in [9.17, 15) is 9.59 Å². The van der Waals surface area contributed by atoms with Crippen LogP contribution >= 0.6 is 39.0 Å². The van der Waals surface area contributed by atoms with Crippen molar-refractivity contribution in [2.24, 2.45) is 7.05 Å². The highest BCUT2D eigenvalue weighted by molar-refractivity contribution is 9.10. The first kappa shape index (κ1) is 24.1. The van der Waals surface area contributed by atoms with E-state index in [1.54, 1.807) is 17.7 Å². The number of benzene rings is 2. The summed E-state index contributed by atoms with van der Waals surface area (Å²) in [5, 5.41) is 17.0. The van der Waals surface area contributed by atoms with E-state index in [0.717, 1.165) is 21.3 Å². The van der Waals surface area contributed by atoms with Gasteiger partial charge in [-0.1, -0.05) is 58.0 Å². The number of carbonyl (C=O) groups is 2. The number of halogens is 1. The average Bonchev–Trinajstić information content (AvgIpc) is 3.43. The summed E-state index contributed by atoms with van der Waals surface area (Å²) in [5.41, 5.74) is 3.33. The number of thioether (sulfide) groups is 1. The number of carbonyl (C=O) groups excluding carboxylic acids is 2. The summed E-state index contributed by atoms with van der Waals surface area (Å²) >= 11 is 6.07. The molecule has 0 aliphatic rings. The molecule has 0 aliphatic carbocycles. The standard InChI is InChI=1S/C23H21BrN6O2S2/c1-14-5-3-4-6-17(14)21(32)25-11-19-28-29-23(30(19)2)34-13-20(31)27-22-26-18(12-33-22)15-7-9-16(24)10-8-15/h3-10,12H,11,13H2,1-2H3,(H,25,32)(H,26,27,31). The highest BCUT2D eigenvalue weighted by Gasteiger charge is 2.15. The Morgan fingerprint density at radius 3 is 2.65 bits per heavy atom. The number of thiazole rings is 1. The maximum Gasteiger partial charge on any atom is 0.251 e. The topological polar surface area (TPSA) is 102 Å². The first-order valence-electron chi connectivity index (χ1n) is 10.3. The molecule has 2 aromatic carbocycles. The molecule has 2 N–H and O–H groups in total. The van der Waals surface area contributed by atoms with Crippen LogP contribution in [0.15, 0.2) is 63.5 Å². The van der Waals surface area contributed by atoms with Crippen molar-refractivity contribution < 1.29 is 9.59 Å². The molecule has 2 heterocycles. The molecule has 0 unspecified atom stereocenters. The zero-order chi connectivity index (χ0) is 24.1.